The van der Waals surface area contributed by atoms with Crippen molar-refractivity contribution >= 4 is 34.0 Å². The highest BCUT2D eigenvalue weighted by Gasteiger charge is 2.11. The SMILES string of the molecule is Cc1ccc(Cn2c(CCCl)nc3cnccc32)s1. The lowest BCUT2D eigenvalue weighted by atomic mass is 10.3. The number of rotatable bonds is 4. The van der Waals surface area contributed by atoms with Crippen molar-refractivity contribution in [3.05, 3.63) is 46.2 Å². The highest BCUT2D eigenvalue weighted by atomic mass is 35.5. The number of hydrogen-bond donors (Lipinski definition) is 0. The molecule has 19 heavy (non-hydrogen) atoms. The first-order valence-electron chi connectivity index (χ1n) is 6.18. The number of hydrogen-bond acceptors (Lipinski definition) is 3. The fourth-order valence-electron chi connectivity index (χ4n) is 2.21. The Morgan fingerprint density at radius 1 is 1.32 bits per heavy atom. The van der Waals surface area contributed by atoms with Gasteiger partial charge in [-0.1, -0.05) is 0 Å². The summed E-state index contributed by atoms with van der Waals surface area (Å²) >= 11 is 7.70. The molecule has 0 aromatic carbocycles. The lowest BCUT2D eigenvalue weighted by Gasteiger charge is -2.06. The Kier molecular flexibility index (Phi) is 3.53. The third kappa shape index (κ3) is 2.51. The van der Waals surface area contributed by atoms with Crippen LogP contribution in [0.25, 0.3) is 11.0 Å². The number of aromatic nitrogens is 3. The first-order valence-corrected chi connectivity index (χ1v) is 7.53. The number of thiophene rings is 1. The Balaban J connectivity index is 2.06. The molecule has 5 heteroatoms. The van der Waals surface area contributed by atoms with E-state index >= 15 is 0 Å². The summed E-state index contributed by atoms with van der Waals surface area (Å²) in [4.78, 5) is 11.4. The van der Waals surface area contributed by atoms with Crippen molar-refractivity contribution in [1.82, 2.24) is 14.5 Å². The molecule has 98 valence electrons. The van der Waals surface area contributed by atoms with Crippen molar-refractivity contribution < 1.29 is 0 Å². The van der Waals surface area contributed by atoms with Gasteiger partial charge >= 0.3 is 0 Å². The van der Waals surface area contributed by atoms with E-state index in [1.807, 2.05) is 29.8 Å². The predicted molar refractivity (Wildman–Crippen MR) is 80.1 cm³/mol. The summed E-state index contributed by atoms with van der Waals surface area (Å²) in [5.74, 6) is 1.62. The van der Waals surface area contributed by atoms with Crippen LogP contribution >= 0.6 is 22.9 Å². The van der Waals surface area contributed by atoms with E-state index in [9.17, 15) is 0 Å². The molecule has 0 aliphatic heterocycles. The second-order valence-electron chi connectivity index (χ2n) is 4.43. The molecule has 0 atom stereocenters. The highest BCUT2D eigenvalue weighted by Crippen LogP contribution is 2.21. The monoisotopic (exact) mass is 291 g/mol. The largest absolute Gasteiger partial charge is 0.323 e. The van der Waals surface area contributed by atoms with Crippen LogP contribution in [0.2, 0.25) is 0 Å². The lowest BCUT2D eigenvalue weighted by molar-refractivity contribution is 0.763. The molecular formula is C14H14ClN3S. The van der Waals surface area contributed by atoms with E-state index in [4.69, 9.17) is 11.6 Å². The maximum Gasteiger partial charge on any atom is 0.111 e. The van der Waals surface area contributed by atoms with Crippen LogP contribution in [0, 0.1) is 6.92 Å². The molecule has 0 aliphatic rings. The van der Waals surface area contributed by atoms with E-state index in [0.29, 0.717) is 5.88 Å². The van der Waals surface area contributed by atoms with E-state index in [0.717, 1.165) is 29.8 Å². The Labute approximate surface area is 120 Å². The molecule has 0 amide bonds. The number of pyridine rings is 1. The van der Waals surface area contributed by atoms with Crippen LogP contribution in [0.3, 0.4) is 0 Å². The average molecular weight is 292 g/mol. The summed E-state index contributed by atoms with van der Waals surface area (Å²) in [6, 6.07) is 6.35. The predicted octanol–water partition coefficient (Wildman–Crippen LogP) is 3.63. The van der Waals surface area contributed by atoms with Crippen LogP contribution in [0.1, 0.15) is 15.6 Å². The second-order valence-corrected chi connectivity index (χ2v) is 6.18. The van der Waals surface area contributed by atoms with E-state index in [-0.39, 0.29) is 0 Å². The van der Waals surface area contributed by atoms with Crippen molar-refractivity contribution in [3.63, 3.8) is 0 Å². The lowest BCUT2D eigenvalue weighted by Crippen LogP contribution is -2.04. The Hall–Kier alpha value is -1.39. The molecule has 0 N–H and O–H groups in total. The van der Waals surface area contributed by atoms with E-state index in [1.54, 1.807) is 0 Å². The molecule has 3 nitrogen and oxygen atoms in total. The molecule has 3 aromatic rings. The Morgan fingerprint density at radius 2 is 2.21 bits per heavy atom. The summed E-state index contributed by atoms with van der Waals surface area (Å²) in [5, 5.41) is 0. The first-order chi connectivity index (χ1) is 9.28. The number of fused-ring (bicyclic) bond motifs is 1. The van der Waals surface area contributed by atoms with Crippen LogP contribution in [-0.4, -0.2) is 20.4 Å². The van der Waals surface area contributed by atoms with Gasteiger partial charge < -0.3 is 4.57 Å². The minimum atomic E-state index is 0.584. The summed E-state index contributed by atoms with van der Waals surface area (Å²) in [6.45, 7) is 2.98. The Morgan fingerprint density at radius 3 is 2.95 bits per heavy atom. The summed E-state index contributed by atoms with van der Waals surface area (Å²) in [5.41, 5.74) is 2.07. The maximum absolute atomic E-state index is 5.88. The van der Waals surface area contributed by atoms with Gasteiger partial charge in [-0.05, 0) is 25.1 Å². The van der Waals surface area contributed by atoms with Crippen molar-refractivity contribution in [2.45, 2.75) is 19.9 Å². The van der Waals surface area contributed by atoms with Gasteiger partial charge in [0.1, 0.15) is 11.3 Å². The molecule has 3 heterocycles. The quantitative estimate of drug-likeness (QED) is 0.687. The second kappa shape index (κ2) is 5.31. The molecular weight excluding hydrogens is 278 g/mol. The standard InChI is InChI=1S/C14H14ClN3S/c1-10-2-3-11(19-10)9-18-13-5-7-16-8-12(13)17-14(18)4-6-15/h2-3,5,7-8H,4,6,9H2,1H3. The summed E-state index contributed by atoms with van der Waals surface area (Å²) in [6.07, 6.45) is 4.40. The van der Waals surface area contributed by atoms with Crippen molar-refractivity contribution in [1.29, 1.82) is 0 Å². The van der Waals surface area contributed by atoms with Crippen molar-refractivity contribution in [3.8, 4) is 0 Å². The van der Waals surface area contributed by atoms with Crippen LogP contribution < -0.4 is 0 Å². The molecule has 0 saturated heterocycles. The van der Waals surface area contributed by atoms with Crippen LogP contribution in [0.5, 0.6) is 0 Å². The fourth-order valence-corrected chi connectivity index (χ4v) is 3.26. The minimum Gasteiger partial charge on any atom is -0.323 e. The zero-order valence-corrected chi connectivity index (χ0v) is 12.2. The van der Waals surface area contributed by atoms with Gasteiger partial charge in [-0.2, -0.15) is 0 Å². The van der Waals surface area contributed by atoms with E-state index in [1.165, 1.54) is 9.75 Å². The molecule has 0 fully saturated rings. The molecule has 3 rings (SSSR count). The third-order valence-electron chi connectivity index (χ3n) is 3.06. The molecule has 0 saturated carbocycles. The van der Waals surface area contributed by atoms with Gasteiger partial charge in [-0.25, -0.2) is 4.98 Å². The highest BCUT2D eigenvalue weighted by molar-refractivity contribution is 7.11. The number of imidazole rings is 1. The molecule has 3 aromatic heterocycles. The van der Waals surface area contributed by atoms with Gasteiger partial charge in [-0.15, -0.1) is 22.9 Å². The van der Waals surface area contributed by atoms with Gasteiger partial charge in [0.05, 0.1) is 18.3 Å². The summed E-state index contributed by atoms with van der Waals surface area (Å²) in [7, 11) is 0. The van der Waals surface area contributed by atoms with Crippen LogP contribution in [0.4, 0.5) is 0 Å². The van der Waals surface area contributed by atoms with Crippen molar-refractivity contribution in [2.75, 3.05) is 5.88 Å². The fraction of sp³-hybridized carbons (Fsp3) is 0.286. The molecule has 0 spiro atoms. The van der Waals surface area contributed by atoms with Gasteiger partial charge in [-0.3, -0.25) is 4.98 Å². The third-order valence-corrected chi connectivity index (χ3v) is 4.23. The smallest absolute Gasteiger partial charge is 0.111 e. The topological polar surface area (TPSA) is 30.7 Å². The van der Waals surface area contributed by atoms with Gasteiger partial charge in [0.2, 0.25) is 0 Å². The van der Waals surface area contributed by atoms with Crippen LogP contribution in [-0.2, 0) is 13.0 Å². The van der Waals surface area contributed by atoms with Gasteiger partial charge in [0.25, 0.3) is 0 Å². The Bertz CT molecular complexity index is 702. The number of alkyl halides is 1. The van der Waals surface area contributed by atoms with Gasteiger partial charge in [0, 0.05) is 28.3 Å². The van der Waals surface area contributed by atoms with E-state index in [2.05, 4.69) is 33.6 Å². The average Bonchev–Trinajstić information content (AvgIpc) is 2.96. The van der Waals surface area contributed by atoms with E-state index < -0.39 is 0 Å². The number of nitrogens with zero attached hydrogens (tertiary/aromatic N) is 3. The van der Waals surface area contributed by atoms with Crippen LogP contribution in [0.15, 0.2) is 30.6 Å². The number of aryl methyl sites for hydroxylation is 2. The molecule has 0 aliphatic carbocycles. The zero-order chi connectivity index (χ0) is 13.2. The van der Waals surface area contributed by atoms with Gasteiger partial charge in [0.15, 0.2) is 0 Å². The first kappa shape index (κ1) is 12.6. The number of halogens is 1. The summed E-state index contributed by atoms with van der Waals surface area (Å²) < 4.78 is 2.24. The minimum absolute atomic E-state index is 0.584. The molecule has 0 unspecified atom stereocenters. The maximum atomic E-state index is 5.88. The molecule has 0 bridgehead atoms. The molecule has 0 radical (unpaired) electrons. The van der Waals surface area contributed by atoms with Crippen molar-refractivity contribution in [2.24, 2.45) is 0 Å². The zero-order valence-electron chi connectivity index (χ0n) is 10.6. The normalized spacial score (nSPS) is 11.3.